The summed E-state index contributed by atoms with van der Waals surface area (Å²) in [6, 6.07) is 0.0744. The minimum absolute atomic E-state index is 0.0424. The molecule has 0 aromatic heterocycles. The van der Waals surface area contributed by atoms with Crippen LogP contribution in [-0.2, 0) is 0 Å². The molecule has 0 radical (unpaired) electrons. The molecule has 0 bridgehead atoms. The lowest BCUT2D eigenvalue weighted by Crippen LogP contribution is -1.91. The molecule has 1 nitrogen and oxygen atoms in total. The maximum Gasteiger partial charge on any atom is 0.0626 e. The van der Waals surface area contributed by atoms with Gasteiger partial charge in [0.25, 0.3) is 0 Å². The summed E-state index contributed by atoms with van der Waals surface area (Å²) in [5.74, 6) is 0. The Balaban J connectivity index is 3.60. The second-order valence-electron chi connectivity index (χ2n) is 2.04. The van der Waals surface area contributed by atoms with Gasteiger partial charge in [-0.25, -0.2) is 0 Å². The third kappa shape index (κ3) is 1.04. The third-order valence-corrected chi connectivity index (χ3v) is 1.31. The van der Waals surface area contributed by atoms with Gasteiger partial charge in [-0.05, 0) is 25.0 Å². The van der Waals surface area contributed by atoms with Gasteiger partial charge in [0, 0.05) is 5.69 Å². The maximum atomic E-state index is 7.43. The van der Waals surface area contributed by atoms with Crippen LogP contribution in [0, 0.1) is 13.8 Å². The van der Waals surface area contributed by atoms with E-state index in [0.717, 1.165) is 0 Å². The van der Waals surface area contributed by atoms with Gasteiger partial charge in [-0.2, -0.15) is 0 Å². The van der Waals surface area contributed by atoms with Crippen LogP contribution in [0.2, 0.25) is 0 Å². The van der Waals surface area contributed by atoms with Crippen LogP contribution in [0.15, 0.2) is 18.1 Å². The van der Waals surface area contributed by atoms with Crippen molar-refractivity contribution in [2.24, 2.45) is 0 Å². The van der Waals surface area contributed by atoms with Crippen LogP contribution >= 0.6 is 0 Å². The fourth-order valence-corrected chi connectivity index (χ4v) is 0.635. The monoisotopic (exact) mass is 124 g/mol. The van der Waals surface area contributed by atoms with Crippen LogP contribution in [0.4, 0.5) is 5.69 Å². The van der Waals surface area contributed by atoms with E-state index in [-0.39, 0.29) is 18.1 Å². The zero-order valence-corrected chi connectivity index (χ0v) is 5.58. The van der Waals surface area contributed by atoms with Crippen molar-refractivity contribution in [2.45, 2.75) is 13.8 Å². The second kappa shape index (κ2) is 2.09. The Labute approximate surface area is 59.7 Å². The fourth-order valence-electron chi connectivity index (χ4n) is 0.635. The molecule has 0 fully saturated rings. The smallest absolute Gasteiger partial charge is 0.0626 e. The van der Waals surface area contributed by atoms with E-state index in [9.17, 15) is 0 Å². The van der Waals surface area contributed by atoms with Crippen molar-refractivity contribution in [2.75, 3.05) is 5.73 Å². The Morgan fingerprint density at radius 3 is 2.22 bits per heavy atom. The zero-order chi connectivity index (χ0) is 9.46. The lowest BCUT2D eigenvalue weighted by molar-refractivity contribution is 1.39. The normalized spacial score (nSPS) is 14.2. The van der Waals surface area contributed by atoms with E-state index in [0.29, 0.717) is 16.8 Å². The minimum atomic E-state index is -0.0424. The lowest BCUT2D eigenvalue weighted by Gasteiger charge is -2.00. The molecular formula is C8H11N. The molecule has 0 aliphatic carbocycles. The molecule has 0 spiro atoms. The van der Waals surface area contributed by atoms with E-state index in [1.54, 1.807) is 13.8 Å². The Morgan fingerprint density at radius 1 is 1.33 bits per heavy atom. The van der Waals surface area contributed by atoms with E-state index >= 15 is 0 Å². The maximum absolute atomic E-state index is 7.43. The fraction of sp³-hybridized carbons (Fsp3) is 0.250. The highest BCUT2D eigenvalue weighted by Gasteiger charge is 1.92. The summed E-state index contributed by atoms with van der Waals surface area (Å²) in [5, 5.41) is 0. The first-order valence-electron chi connectivity index (χ1n) is 4.29. The van der Waals surface area contributed by atoms with Gasteiger partial charge in [0.1, 0.15) is 0 Å². The largest absolute Gasteiger partial charge is 0.398 e. The molecule has 0 unspecified atom stereocenters. The van der Waals surface area contributed by atoms with E-state index in [4.69, 9.17) is 9.85 Å². The molecule has 1 aromatic carbocycles. The van der Waals surface area contributed by atoms with E-state index < -0.39 is 0 Å². The predicted molar refractivity (Wildman–Crippen MR) is 40.3 cm³/mol. The number of anilines is 1. The quantitative estimate of drug-likeness (QED) is 0.525. The molecule has 1 rings (SSSR count). The topological polar surface area (TPSA) is 26.0 Å². The zero-order valence-electron chi connectivity index (χ0n) is 8.58. The first-order valence-corrected chi connectivity index (χ1v) is 2.79. The Hall–Kier alpha value is -0.980. The first-order chi connectivity index (χ1) is 5.46. The molecule has 0 aliphatic rings. The van der Waals surface area contributed by atoms with Crippen molar-refractivity contribution >= 4 is 5.69 Å². The van der Waals surface area contributed by atoms with Crippen LogP contribution in [0.25, 0.3) is 0 Å². The number of hydrogen-bond donors (Lipinski definition) is 1. The highest BCUT2D eigenvalue weighted by atomic mass is 14.6. The van der Waals surface area contributed by atoms with Crippen molar-refractivity contribution in [3.05, 3.63) is 29.3 Å². The van der Waals surface area contributed by atoms with Crippen LogP contribution in [-0.4, -0.2) is 0 Å². The molecule has 48 valence electrons. The number of rotatable bonds is 0. The highest BCUT2D eigenvalue weighted by Crippen LogP contribution is 2.13. The van der Waals surface area contributed by atoms with Gasteiger partial charge >= 0.3 is 0 Å². The molecule has 0 heterocycles. The highest BCUT2D eigenvalue weighted by molar-refractivity contribution is 5.52. The molecule has 2 N–H and O–H groups in total. The summed E-state index contributed by atoms with van der Waals surface area (Å²) < 4.78 is 22.3. The Bertz CT molecular complexity index is 229. The summed E-state index contributed by atoms with van der Waals surface area (Å²) in [6.45, 7) is 3.39. The summed E-state index contributed by atoms with van der Waals surface area (Å²) >= 11 is 0. The number of hydrogen-bond acceptors (Lipinski definition) is 1. The molecule has 9 heavy (non-hydrogen) atoms. The van der Waals surface area contributed by atoms with Crippen molar-refractivity contribution in [3.63, 3.8) is 0 Å². The SMILES string of the molecule is [2H]c1c([2H])c(C)c(N)c(C)c1[2H]. The van der Waals surface area contributed by atoms with E-state index in [2.05, 4.69) is 0 Å². The van der Waals surface area contributed by atoms with Crippen molar-refractivity contribution in [1.29, 1.82) is 0 Å². The van der Waals surface area contributed by atoms with Crippen molar-refractivity contribution in [1.82, 2.24) is 0 Å². The molecule has 0 saturated heterocycles. The number of para-hydroxylation sites is 1. The van der Waals surface area contributed by atoms with Gasteiger partial charge in [0.2, 0.25) is 0 Å². The molecular weight excluding hydrogens is 110 g/mol. The van der Waals surface area contributed by atoms with Crippen LogP contribution in [0.5, 0.6) is 0 Å². The molecule has 0 amide bonds. The van der Waals surface area contributed by atoms with E-state index in [1.165, 1.54) is 0 Å². The minimum Gasteiger partial charge on any atom is -0.398 e. The van der Waals surface area contributed by atoms with Crippen LogP contribution in [0.3, 0.4) is 0 Å². The Kier molecular flexibility index (Phi) is 0.758. The summed E-state index contributed by atoms with van der Waals surface area (Å²) in [4.78, 5) is 0. The predicted octanol–water partition coefficient (Wildman–Crippen LogP) is 1.89. The number of nitrogen functional groups attached to an aromatic ring is 1. The van der Waals surface area contributed by atoms with Crippen molar-refractivity contribution in [3.8, 4) is 0 Å². The lowest BCUT2D eigenvalue weighted by atomic mass is 10.1. The molecule has 0 aliphatic heterocycles. The average Bonchev–Trinajstić information content (AvgIpc) is 2.08. The average molecular weight is 124 g/mol. The molecule has 1 heteroatoms. The van der Waals surface area contributed by atoms with Gasteiger partial charge in [-0.1, -0.05) is 18.1 Å². The van der Waals surface area contributed by atoms with Gasteiger partial charge in [-0.15, -0.1) is 0 Å². The third-order valence-electron chi connectivity index (χ3n) is 1.31. The van der Waals surface area contributed by atoms with Gasteiger partial charge < -0.3 is 5.73 Å². The van der Waals surface area contributed by atoms with Crippen molar-refractivity contribution < 1.29 is 4.11 Å². The van der Waals surface area contributed by atoms with E-state index in [1.807, 2.05) is 0 Å². The Morgan fingerprint density at radius 2 is 1.78 bits per heavy atom. The number of nitrogens with two attached hydrogens (primary N) is 1. The number of benzene rings is 1. The standard InChI is InChI=1S/C8H11N/c1-6-4-3-5-7(2)8(6)9/h3-5H,9H2,1-2H3/i3D,4D,5D. The summed E-state index contributed by atoms with van der Waals surface area (Å²) in [6.07, 6.45) is 0. The molecule has 0 atom stereocenters. The molecule has 1 aromatic rings. The van der Waals surface area contributed by atoms with Crippen LogP contribution in [0.1, 0.15) is 15.2 Å². The second-order valence-corrected chi connectivity index (χ2v) is 2.04. The van der Waals surface area contributed by atoms with Gasteiger partial charge in [0.15, 0.2) is 0 Å². The van der Waals surface area contributed by atoms with Gasteiger partial charge in [0.05, 0.1) is 4.11 Å². The molecule has 0 saturated carbocycles. The van der Waals surface area contributed by atoms with Crippen LogP contribution < -0.4 is 5.73 Å². The van der Waals surface area contributed by atoms with Gasteiger partial charge in [-0.3, -0.25) is 0 Å². The summed E-state index contributed by atoms with van der Waals surface area (Å²) in [5.41, 5.74) is 7.27. The summed E-state index contributed by atoms with van der Waals surface area (Å²) in [7, 11) is 0. The first kappa shape index (κ1) is 3.25.